The smallest absolute Gasteiger partial charge is 0.250 e. The van der Waals surface area contributed by atoms with Gasteiger partial charge >= 0.3 is 0 Å². The normalized spacial score (nSPS) is 17.0. The van der Waals surface area contributed by atoms with Gasteiger partial charge in [-0.3, -0.25) is 4.79 Å². The molecular formula is C13H20N4O. The minimum absolute atomic E-state index is 0.346. The van der Waals surface area contributed by atoms with Gasteiger partial charge in [0.05, 0.1) is 17.4 Å². The average molecular weight is 248 g/mol. The Balaban J connectivity index is 2.20. The van der Waals surface area contributed by atoms with Crippen molar-refractivity contribution in [1.82, 2.24) is 4.98 Å². The molecule has 0 bridgehead atoms. The van der Waals surface area contributed by atoms with E-state index in [0.29, 0.717) is 11.3 Å². The fourth-order valence-corrected chi connectivity index (χ4v) is 2.32. The van der Waals surface area contributed by atoms with Gasteiger partial charge in [-0.05, 0) is 18.9 Å². The van der Waals surface area contributed by atoms with Crippen molar-refractivity contribution in [3.05, 3.63) is 17.8 Å². The van der Waals surface area contributed by atoms with Gasteiger partial charge in [0.2, 0.25) is 0 Å². The molecule has 98 valence electrons. The molecule has 0 atom stereocenters. The molecule has 0 spiro atoms. The van der Waals surface area contributed by atoms with Crippen LogP contribution in [0.2, 0.25) is 0 Å². The van der Waals surface area contributed by atoms with Crippen molar-refractivity contribution in [3.8, 4) is 0 Å². The van der Waals surface area contributed by atoms with Crippen molar-refractivity contribution in [2.45, 2.75) is 32.1 Å². The van der Waals surface area contributed by atoms with Gasteiger partial charge in [0, 0.05) is 13.1 Å². The predicted octanol–water partition coefficient (Wildman–Crippen LogP) is 1.53. The number of primary amides is 1. The summed E-state index contributed by atoms with van der Waals surface area (Å²) in [6, 6.07) is 1.71. The largest absolute Gasteiger partial charge is 0.397 e. The van der Waals surface area contributed by atoms with Gasteiger partial charge in [-0.2, -0.15) is 0 Å². The van der Waals surface area contributed by atoms with E-state index < -0.39 is 5.91 Å². The van der Waals surface area contributed by atoms with Crippen molar-refractivity contribution < 1.29 is 4.79 Å². The summed E-state index contributed by atoms with van der Waals surface area (Å²) in [5.41, 5.74) is 11.7. The first-order valence-electron chi connectivity index (χ1n) is 6.49. The van der Waals surface area contributed by atoms with E-state index in [4.69, 9.17) is 11.5 Å². The number of rotatable bonds is 2. The fourth-order valence-electron chi connectivity index (χ4n) is 2.32. The van der Waals surface area contributed by atoms with E-state index in [0.717, 1.165) is 31.7 Å². The number of amides is 1. The number of nitrogens with two attached hydrogens (primary N) is 2. The Morgan fingerprint density at radius 3 is 2.39 bits per heavy atom. The third-order valence-electron chi connectivity index (χ3n) is 3.37. The van der Waals surface area contributed by atoms with E-state index in [9.17, 15) is 4.79 Å². The Bertz CT molecular complexity index is 425. The number of aromatic nitrogens is 1. The van der Waals surface area contributed by atoms with E-state index >= 15 is 0 Å². The second-order valence-electron chi connectivity index (χ2n) is 4.75. The van der Waals surface area contributed by atoms with Gasteiger partial charge in [0.1, 0.15) is 5.82 Å². The minimum atomic E-state index is -0.497. The Hall–Kier alpha value is -1.78. The first kappa shape index (κ1) is 12.7. The molecule has 18 heavy (non-hydrogen) atoms. The van der Waals surface area contributed by atoms with Crippen LogP contribution in [0.5, 0.6) is 0 Å². The van der Waals surface area contributed by atoms with Crippen molar-refractivity contribution in [1.29, 1.82) is 0 Å². The number of hydrogen-bond acceptors (Lipinski definition) is 4. The molecule has 1 aliphatic rings. The topological polar surface area (TPSA) is 85.2 Å². The molecule has 0 saturated carbocycles. The van der Waals surface area contributed by atoms with E-state index in [-0.39, 0.29) is 0 Å². The molecule has 5 heteroatoms. The second kappa shape index (κ2) is 5.71. The van der Waals surface area contributed by atoms with Crippen LogP contribution in [0.4, 0.5) is 11.5 Å². The maximum absolute atomic E-state index is 11.3. The van der Waals surface area contributed by atoms with Crippen LogP contribution in [-0.2, 0) is 0 Å². The highest BCUT2D eigenvalue weighted by molar-refractivity contribution is 5.98. The number of nitrogen functional groups attached to an aromatic ring is 1. The highest BCUT2D eigenvalue weighted by Crippen LogP contribution is 2.20. The van der Waals surface area contributed by atoms with Crippen LogP contribution >= 0.6 is 0 Å². The van der Waals surface area contributed by atoms with Crippen molar-refractivity contribution >= 4 is 17.4 Å². The number of hydrogen-bond donors (Lipinski definition) is 2. The monoisotopic (exact) mass is 248 g/mol. The highest BCUT2D eigenvalue weighted by atomic mass is 16.1. The number of nitrogens with zero attached hydrogens (tertiary/aromatic N) is 2. The first-order valence-corrected chi connectivity index (χ1v) is 6.49. The van der Waals surface area contributed by atoms with Crippen LogP contribution in [0.1, 0.15) is 42.5 Å². The van der Waals surface area contributed by atoms with Gasteiger partial charge in [0.25, 0.3) is 5.91 Å². The van der Waals surface area contributed by atoms with Gasteiger partial charge in [-0.25, -0.2) is 4.98 Å². The molecule has 0 aliphatic carbocycles. The lowest BCUT2D eigenvalue weighted by Gasteiger charge is -2.26. The fraction of sp³-hybridized carbons (Fsp3) is 0.538. The Kier molecular flexibility index (Phi) is 4.02. The van der Waals surface area contributed by atoms with Gasteiger partial charge < -0.3 is 16.4 Å². The van der Waals surface area contributed by atoms with Gasteiger partial charge in [0.15, 0.2) is 0 Å². The molecule has 0 radical (unpaired) electrons. The van der Waals surface area contributed by atoms with E-state index in [2.05, 4.69) is 9.88 Å². The molecule has 4 N–H and O–H groups in total. The number of carbonyl (C=O) groups excluding carboxylic acids is 1. The molecule has 1 amide bonds. The van der Waals surface area contributed by atoms with E-state index in [1.165, 1.54) is 25.5 Å². The van der Waals surface area contributed by atoms with Crippen molar-refractivity contribution in [3.63, 3.8) is 0 Å². The quantitative estimate of drug-likeness (QED) is 0.831. The zero-order valence-corrected chi connectivity index (χ0v) is 10.6. The molecule has 1 aromatic heterocycles. The SMILES string of the molecule is NC(=O)c1cc(N2CCCCCCC2)ncc1N. The van der Waals surface area contributed by atoms with Crippen LogP contribution in [-0.4, -0.2) is 24.0 Å². The summed E-state index contributed by atoms with van der Waals surface area (Å²) in [6.45, 7) is 1.96. The molecule has 1 aromatic rings. The lowest BCUT2D eigenvalue weighted by atomic mass is 10.1. The summed E-state index contributed by atoms with van der Waals surface area (Å²) in [7, 11) is 0. The molecule has 0 unspecified atom stereocenters. The summed E-state index contributed by atoms with van der Waals surface area (Å²) in [5.74, 6) is 0.308. The van der Waals surface area contributed by atoms with E-state index in [1.807, 2.05) is 0 Å². The third-order valence-corrected chi connectivity index (χ3v) is 3.37. The summed E-state index contributed by atoms with van der Waals surface area (Å²) < 4.78 is 0. The zero-order chi connectivity index (χ0) is 13.0. The van der Waals surface area contributed by atoms with Crippen LogP contribution in [0, 0.1) is 0 Å². The Morgan fingerprint density at radius 1 is 1.17 bits per heavy atom. The minimum Gasteiger partial charge on any atom is -0.397 e. The summed E-state index contributed by atoms with van der Waals surface area (Å²) in [4.78, 5) is 17.8. The van der Waals surface area contributed by atoms with Gasteiger partial charge in [-0.1, -0.05) is 19.3 Å². The second-order valence-corrected chi connectivity index (χ2v) is 4.75. The van der Waals surface area contributed by atoms with Gasteiger partial charge in [-0.15, -0.1) is 0 Å². The average Bonchev–Trinajstić information content (AvgIpc) is 2.29. The lowest BCUT2D eigenvalue weighted by Crippen LogP contribution is -2.28. The summed E-state index contributed by atoms with van der Waals surface area (Å²) in [5, 5.41) is 0. The predicted molar refractivity (Wildman–Crippen MR) is 72.5 cm³/mol. The van der Waals surface area contributed by atoms with Crippen molar-refractivity contribution in [2.75, 3.05) is 23.7 Å². The summed E-state index contributed by atoms with van der Waals surface area (Å²) >= 11 is 0. The van der Waals surface area contributed by atoms with Crippen LogP contribution in [0.15, 0.2) is 12.3 Å². The summed E-state index contributed by atoms with van der Waals surface area (Å²) in [6.07, 6.45) is 7.68. The molecule has 1 fully saturated rings. The van der Waals surface area contributed by atoms with Crippen LogP contribution < -0.4 is 16.4 Å². The van der Waals surface area contributed by atoms with E-state index in [1.54, 1.807) is 6.07 Å². The van der Waals surface area contributed by atoms with Crippen LogP contribution in [0.3, 0.4) is 0 Å². The lowest BCUT2D eigenvalue weighted by molar-refractivity contribution is 0.100. The maximum atomic E-state index is 11.3. The Labute approximate surface area is 107 Å². The molecule has 2 rings (SSSR count). The highest BCUT2D eigenvalue weighted by Gasteiger charge is 2.14. The number of pyridine rings is 1. The zero-order valence-electron chi connectivity index (χ0n) is 10.6. The molecular weight excluding hydrogens is 228 g/mol. The van der Waals surface area contributed by atoms with Crippen LogP contribution in [0.25, 0.3) is 0 Å². The maximum Gasteiger partial charge on any atom is 0.250 e. The third kappa shape index (κ3) is 2.91. The van der Waals surface area contributed by atoms with Crippen molar-refractivity contribution in [2.24, 2.45) is 5.73 Å². The Morgan fingerprint density at radius 2 is 1.78 bits per heavy atom. The molecule has 1 aliphatic heterocycles. The number of carbonyl (C=O) groups is 1. The molecule has 1 saturated heterocycles. The first-order chi connectivity index (χ1) is 8.68. The molecule has 2 heterocycles. The number of anilines is 2. The standard InChI is InChI=1S/C13H20N4O/c14-11-9-16-12(8-10(11)13(15)18)17-6-4-2-1-3-5-7-17/h8-9H,1-7,14H2,(H2,15,18). The molecule has 0 aromatic carbocycles. The molecule has 5 nitrogen and oxygen atoms in total.